The third-order valence-electron chi connectivity index (χ3n) is 4.51. The van der Waals surface area contributed by atoms with Crippen LogP contribution in [0.4, 0.5) is 11.5 Å². The van der Waals surface area contributed by atoms with Crippen LogP contribution < -0.4 is 10.2 Å². The molecule has 0 aliphatic carbocycles. The van der Waals surface area contributed by atoms with E-state index in [-0.39, 0.29) is 12.2 Å². The van der Waals surface area contributed by atoms with E-state index in [0.29, 0.717) is 29.4 Å². The van der Waals surface area contributed by atoms with Gasteiger partial charge in [0.05, 0.1) is 25.5 Å². The van der Waals surface area contributed by atoms with Gasteiger partial charge in [0.25, 0.3) is 0 Å². The van der Waals surface area contributed by atoms with Crippen molar-refractivity contribution < 1.29 is 9.53 Å². The molecule has 0 bridgehead atoms. The molecule has 1 aliphatic rings. The van der Waals surface area contributed by atoms with E-state index in [1.54, 1.807) is 11.5 Å². The highest BCUT2D eigenvalue weighted by Crippen LogP contribution is 2.28. The van der Waals surface area contributed by atoms with Crippen LogP contribution in [0.2, 0.25) is 0 Å². The Labute approximate surface area is 157 Å². The summed E-state index contributed by atoms with van der Waals surface area (Å²) in [4.78, 5) is 14.4. The standard InChI is InChI=1S/C19H20N4O2S/c1-4-25-19(24)16-8-14(9-20)18(26)23-11-22(10-21-17(16)23)15-6-5-12(2)13(3)7-15/h5-8,21H,4,10-11H2,1-3H3. The van der Waals surface area contributed by atoms with Crippen LogP contribution in [0, 0.1) is 29.8 Å². The monoisotopic (exact) mass is 368 g/mol. The third-order valence-corrected chi connectivity index (χ3v) is 4.95. The Morgan fingerprint density at radius 2 is 2.12 bits per heavy atom. The van der Waals surface area contributed by atoms with E-state index in [4.69, 9.17) is 17.0 Å². The number of anilines is 2. The maximum Gasteiger partial charge on any atom is 0.341 e. The SMILES string of the molecule is CCOC(=O)c1cc(C#N)c(=S)n2c1NCN(c1ccc(C)c(C)c1)C2. The number of hydrogen-bond acceptors (Lipinski definition) is 6. The third kappa shape index (κ3) is 3.16. The minimum absolute atomic E-state index is 0.268. The lowest BCUT2D eigenvalue weighted by molar-refractivity contribution is 0.0526. The highest BCUT2D eigenvalue weighted by atomic mass is 32.1. The average molecular weight is 368 g/mol. The largest absolute Gasteiger partial charge is 0.462 e. The number of nitrogens with zero attached hydrogens (tertiary/aromatic N) is 3. The lowest BCUT2D eigenvalue weighted by Crippen LogP contribution is -2.39. The fourth-order valence-corrected chi connectivity index (χ4v) is 3.18. The quantitative estimate of drug-likeness (QED) is 0.658. The summed E-state index contributed by atoms with van der Waals surface area (Å²) < 4.78 is 7.30. The minimum atomic E-state index is -0.463. The van der Waals surface area contributed by atoms with Crippen LogP contribution in [-0.2, 0) is 11.4 Å². The van der Waals surface area contributed by atoms with Crippen molar-refractivity contribution in [2.45, 2.75) is 27.4 Å². The van der Waals surface area contributed by atoms with Gasteiger partial charge in [-0.1, -0.05) is 18.3 Å². The smallest absolute Gasteiger partial charge is 0.341 e. The van der Waals surface area contributed by atoms with Gasteiger partial charge >= 0.3 is 5.97 Å². The second kappa shape index (κ2) is 7.18. The summed E-state index contributed by atoms with van der Waals surface area (Å²) in [7, 11) is 0. The molecule has 2 aromatic rings. The Bertz CT molecular complexity index is 975. The Balaban J connectivity index is 2.06. The lowest BCUT2D eigenvalue weighted by Gasteiger charge is -2.34. The predicted molar refractivity (Wildman–Crippen MR) is 103 cm³/mol. The molecule has 0 spiro atoms. The summed E-state index contributed by atoms with van der Waals surface area (Å²) in [5, 5.41) is 12.6. The Morgan fingerprint density at radius 3 is 2.77 bits per heavy atom. The molecule has 6 nitrogen and oxygen atoms in total. The fraction of sp³-hybridized carbons (Fsp3) is 0.316. The molecule has 0 unspecified atom stereocenters. The molecule has 7 heteroatoms. The van der Waals surface area contributed by atoms with Crippen molar-refractivity contribution in [3.63, 3.8) is 0 Å². The summed E-state index contributed by atoms with van der Waals surface area (Å²) in [5.41, 5.74) is 4.10. The maximum atomic E-state index is 12.3. The summed E-state index contributed by atoms with van der Waals surface area (Å²) in [6.07, 6.45) is 0. The van der Waals surface area contributed by atoms with E-state index in [1.807, 2.05) is 0 Å². The number of aromatic nitrogens is 1. The zero-order valence-electron chi connectivity index (χ0n) is 15.0. The van der Waals surface area contributed by atoms with E-state index >= 15 is 0 Å². The van der Waals surface area contributed by atoms with Crippen molar-refractivity contribution in [2.75, 3.05) is 23.5 Å². The molecule has 1 aliphatic heterocycles. The number of esters is 1. The number of benzene rings is 1. The van der Waals surface area contributed by atoms with Crippen LogP contribution in [0.25, 0.3) is 0 Å². The molecule has 0 fully saturated rings. The van der Waals surface area contributed by atoms with Crippen LogP contribution in [0.3, 0.4) is 0 Å². The number of aryl methyl sites for hydroxylation is 2. The lowest BCUT2D eigenvalue weighted by atomic mass is 10.1. The van der Waals surface area contributed by atoms with Gasteiger partial charge in [0, 0.05) is 5.69 Å². The van der Waals surface area contributed by atoms with Gasteiger partial charge in [-0.25, -0.2) is 4.79 Å². The average Bonchev–Trinajstić information content (AvgIpc) is 2.64. The summed E-state index contributed by atoms with van der Waals surface area (Å²) in [6, 6.07) is 9.83. The number of nitriles is 1. The number of ether oxygens (including phenoxy) is 1. The Hall–Kier alpha value is -2.85. The first-order valence-electron chi connectivity index (χ1n) is 8.37. The second-order valence-electron chi connectivity index (χ2n) is 6.17. The number of carbonyl (C=O) groups is 1. The molecule has 0 saturated heterocycles. The zero-order chi connectivity index (χ0) is 18.8. The molecule has 26 heavy (non-hydrogen) atoms. The van der Waals surface area contributed by atoms with Gasteiger partial charge in [-0.3, -0.25) is 4.57 Å². The van der Waals surface area contributed by atoms with Crippen molar-refractivity contribution in [2.24, 2.45) is 0 Å². The van der Waals surface area contributed by atoms with Crippen molar-refractivity contribution in [3.8, 4) is 6.07 Å². The van der Waals surface area contributed by atoms with E-state index in [2.05, 4.69) is 48.3 Å². The van der Waals surface area contributed by atoms with Gasteiger partial charge in [0.1, 0.15) is 22.1 Å². The molecule has 0 amide bonds. The molecule has 1 aromatic carbocycles. The van der Waals surface area contributed by atoms with E-state index in [9.17, 15) is 10.1 Å². The van der Waals surface area contributed by atoms with Crippen LogP contribution in [0.15, 0.2) is 24.3 Å². The normalized spacial score (nSPS) is 12.8. The number of rotatable bonds is 3. The molecule has 1 N–H and O–H groups in total. The zero-order valence-corrected chi connectivity index (χ0v) is 15.8. The van der Waals surface area contributed by atoms with Crippen LogP contribution in [-0.4, -0.2) is 23.8 Å². The van der Waals surface area contributed by atoms with E-state index in [1.165, 1.54) is 17.2 Å². The van der Waals surface area contributed by atoms with Crippen molar-refractivity contribution in [1.82, 2.24) is 4.57 Å². The second-order valence-corrected chi connectivity index (χ2v) is 6.56. The molecular formula is C19H20N4O2S. The first-order chi connectivity index (χ1) is 12.5. The molecular weight excluding hydrogens is 348 g/mol. The van der Waals surface area contributed by atoms with Crippen molar-refractivity contribution in [1.29, 1.82) is 5.26 Å². The molecule has 0 radical (unpaired) electrons. The molecule has 2 heterocycles. The topological polar surface area (TPSA) is 70.3 Å². The van der Waals surface area contributed by atoms with Gasteiger partial charge in [0.2, 0.25) is 0 Å². The highest BCUT2D eigenvalue weighted by Gasteiger charge is 2.24. The molecule has 0 saturated carbocycles. The summed E-state index contributed by atoms with van der Waals surface area (Å²) >= 11 is 5.46. The Kier molecular flexibility index (Phi) is 4.96. The van der Waals surface area contributed by atoms with Gasteiger partial charge in [-0.05, 0) is 50.1 Å². The number of pyridine rings is 1. The minimum Gasteiger partial charge on any atom is -0.462 e. The number of carbonyl (C=O) groups excluding carboxylic acids is 1. The summed E-state index contributed by atoms with van der Waals surface area (Å²) in [6.45, 7) is 7.14. The first kappa shape index (κ1) is 18.0. The first-order valence-corrected chi connectivity index (χ1v) is 8.78. The fourth-order valence-electron chi connectivity index (χ4n) is 2.92. The maximum absolute atomic E-state index is 12.3. The van der Waals surface area contributed by atoms with Gasteiger partial charge in [0.15, 0.2) is 0 Å². The summed E-state index contributed by atoms with van der Waals surface area (Å²) in [5.74, 6) is 0.127. The van der Waals surface area contributed by atoms with E-state index in [0.717, 1.165) is 5.69 Å². The number of fused-ring (bicyclic) bond motifs is 1. The van der Waals surface area contributed by atoms with Gasteiger partial charge < -0.3 is 15.0 Å². The van der Waals surface area contributed by atoms with Crippen LogP contribution >= 0.6 is 12.2 Å². The molecule has 0 atom stereocenters. The van der Waals surface area contributed by atoms with Gasteiger partial charge in [-0.2, -0.15) is 5.26 Å². The molecule has 1 aromatic heterocycles. The van der Waals surface area contributed by atoms with Crippen molar-refractivity contribution in [3.05, 3.63) is 51.2 Å². The van der Waals surface area contributed by atoms with Crippen LogP contribution in [0.5, 0.6) is 0 Å². The highest BCUT2D eigenvalue weighted by molar-refractivity contribution is 7.71. The number of hydrogen-bond donors (Lipinski definition) is 1. The number of nitrogens with one attached hydrogen (secondary N) is 1. The van der Waals surface area contributed by atoms with Gasteiger partial charge in [-0.15, -0.1) is 0 Å². The van der Waals surface area contributed by atoms with E-state index < -0.39 is 5.97 Å². The predicted octanol–water partition coefficient (Wildman–Crippen LogP) is 3.73. The molecule has 134 valence electrons. The Morgan fingerprint density at radius 1 is 1.35 bits per heavy atom. The van der Waals surface area contributed by atoms with Crippen LogP contribution in [0.1, 0.15) is 34.0 Å². The van der Waals surface area contributed by atoms with Crippen molar-refractivity contribution >= 4 is 29.7 Å². The molecule has 3 rings (SSSR count).